The minimum Gasteiger partial charge on any atom is -0.406 e. The predicted molar refractivity (Wildman–Crippen MR) is 79.0 cm³/mol. The zero-order valence-electron chi connectivity index (χ0n) is 11.2. The minimum atomic E-state index is -0.462. The Balaban J connectivity index is 2.08. The summed E-state index contributed by atoms with van der Waals surface area (Å²) in [7, 11) is 0. The largest absolute Gasteiger partial charge is 0.406 e. The molecular formula is C13H12ClN3O2S. The van der Waals surface area contributed by atoms with E-state index >= 15 is 0 Å². The molecule has 1 aliphatic rings. The Morgan fingerprint density at radius 3 is 2.85 bits per heavy atom. The fraction of sp³-hybridized carbons (Fsp3) is 0.308. The van der Waals surface area contributed by atoms with Crippen molar-refractivity contribution < 1.29 is 9.53 Å². The molecule has 2 aromatic heterocycles. The monoisotopic (exact) mass is 309 g/mol. The number of rotatable bonds is 1. The second-order valence-electron chi connectivity index (χ2n) is 5.43. The zero-order valence-corrected chi connectivity index (χ0v) is 12.7. The summed E-state index contributed by atoms with van der Waals surface area (Å²) >= 11 is 7.56. The average Bonchev–Trinajstić information content (AvgIpc) is 2.97. The van der Waals surface area contributed by atoms with E-state index in [0.29, 0.717) is 16.7 Å². The van der Waals surface area contributed by atoms with Gasteiger partial charge in [0.15, 0.2) is 15.8 Å². The highest BCUT2D eigenvalue weighted by atomic mass is 35.5. The summed E-state index contributed by atoms with van der Waals surface area (Å²) in [5.74, 6) is -0.0490. The Kier molecular flexibility index (Phi) is 2.95. The molecule has 0 bridgehead atoms. The molecule has 0 aromatic carbocycles. The number of hydrogen-bond donors (Lipinski definition) is 0. The number of nitrogens with zero attached hydrogens (tertiary/aromatic N) is 3. The summed E-state index contributed by atoms with van der Waals surface area (Å²) in [5.41, 5.74) is 0.558. The van der Waals surface area contributed by atoms with Crippen LogP contribution >= 0.6 is 22.9 Å². The third-order valence-electron chi connectivity index (χ3n) is 2.79. The Hall–Kier alpha value is -1.66. The van der Waals surface area contributed by atoms with Gasteiger partial charge in [-0.3, -0.25) is 4.40 Å². The highest BCUT2D eigenvalue weighted by Gasteiger charge is 2.31. The summed E-state index contributed by atoms with van der Waals surface area (Å²) < 4.78 is 7.01. The van der Waals surface area contributed by atoms with Gasteiger partial charge in [-0.05, 0) is 6.08 Å². The lowest BCUT2D eigenvalue weighted by atomic mass is 9.97. The smallest absolute Gasteiger partial charge is 0.363 e. The maximum absolute atomic E-state index is 11.9. The van der Waals surface area contributed by atoms with Crippen molar-refractivity contribution in [2.75, 3.05) is 0 Å². The van der Waals surface area contributed by atoms with Gasteiger partial charge in [0.1, 0.15) is 0 Å². The van der Waals surface area contributed by atoms with Gasteiger partial charge in [0.25, 0.3) is 0 Å². The van der Waals surface area contributed by atoms with Gasteiger partial charge < -0.3 is 4.74 Å². The van der Waals surface area contributed by atoms with Crippen LogP contribution in [0.25, 0.3) is 11.0 Å². The number of cyclic esters (lactones) is 1. The summed E-state index contributed by atoms with van der Waals surface area (Å²) in [6, 6.07) is 0. The first kappa shape index (κ1) is 13.3. The fourth-order valence-electron chi connectivity index (χ4n) is 1.77. The lowest BCUT2D eigenvalue weighted by Crippen LogP contribution is -2.21. The molecule has 20 heavy (non-hydrogen) atoms. The lowest BCUT2D eigenvalue weighted by molar-refractivity contribution is -0.130. The van der Waals surface area contributed by atoms with Crippen LogP contribution in [-0.2, 0) is 9.53 Å². The topological polar surface area (TPSA) is 56.0 Å². The van der Waals surface area contributed by atoms with E-state index in [1.54, 1.807) is 6.08 Å². The molecule has 5 nitrogen and oxygen atoms in total. The van der Waals surface area contributed by atoms with Gasteiger partial charge in [-0.1, -0.05) is 32.4 Å². The maximum Gasteiger partial charge on any atom is 0.363 e. The Labute approximate surface area is 124 Å². The standard InChI is InChI=1S/C13H12ClN3O2S/c1-13(2,3)11-15-7(10(18)19-11)6-8-9(14)16-12-17(8)4-5-20-12/h4-6H,1-3H3/b7-6-. The number of thiazole rings is 1. The number of carbonyl (C=O) groups is 1. The van der Waals surface area contributed by atoms with E-state index in [1.807, 2.05) is 36.7 Å². The number of carbonyl (C=O) groups excluding carboxylic acids is 1. The third-order valence-corrected chi connectivity index (χ3v) is 3.82. The summed E-state index contributed by atoms with van der Waals surface area (Å²) in [6.07, 6.45) is 3.45. The number of aromatic nitrogens is 2. The number of fused-ring (bicyclic) bond motifs is 1. The van der Waals surface area contributed by atoms with E-state index in [2.05, 4.69) is 9.98 Å². The van der Waals surface area contributed by atoms with E-state index in [9.17, 15) is 4.79 Å². The molecule has 0 saturated carbocycles. The van der Waals surface area contributed by atoms with Gasteiger partial charge in [0, 0.05) is 17.0 Å². The first-order chi connectivity index (χ1) is 9.36. The van der Waals surface area contributed by atoms with Gasteiger partial charge in [0.2, 0.25) is 5.90 Å². The van der Waals surface area contributed by atoms with Gasteiger partial charge in [0.05, 0.1) is 5.69 Å². The Morgan fingerprint density at radius 2 is 2.20 bits per heavy atom. The molecule has 0 N–H and O–H groups in total. The first-order valence-corrected chi connectivity index (χ1v) is 7.26. The van der Waals surface area contributed by atoms with E-state index in [4.69, 9.17) is 16.3 Å². The van der Waals surface area contributed by atoms with Crippen molar-refractivity contribution in [2.24, 2.45) is 10.4 Å². The van der Waals surface area contributed by atoms with Crippen LogP contribution in [0.5, 0.6) is 0 Å². The van der Waals surface area contributed by atoms with Crippen LogP contribution in [0.15, 0.2) is 22.3 Å². The molecule has 0 atom stereocenters. The Bertz CT molecular complexity index is 764. The van der Waals surface area contributed by atoms with Crippen molar-refractivity contribution in [1.82, 2.24) is 9.38 Å². The van der Waals surface area contributed by atoms with Crippen molar-refractivity contribution >= 4 is 45.8 Å². The normalized spacial score (nSPS) is 17.9. The van der Waals surface area contributed by atoms with Gasteiger partial charge in [-0.15, -0.1) is 11.3 Å². The minimum absolute atomic E-state index is 0.241. The molecule has 7 heteroatoms. The number of esters is 1. The van der Waals surface area contributed by atoms with Crippen LogP contribution in [-0.4, -0.2) is 21.3 Å². The molecule has 0 amide bonds. The van der Waals surface area contributed by atoms with Crippen molar-refractivity contribution in [2.45, 2.75) is 20.8 Å². The molecule has 0 fully saturated rings. The van der Waals surface area contributed by atoms with Gasteiger partial charge >= 0.3 is 5.97 Å². The summed E-state index contributed by atoms with van der Waals surface area (Å²) in [5, 5.41) is 2.24. The molecule has 1 aliphatic heterocycles. The number of ether oxygens (including phenoxy) is 1. The molecule has 0 unspecified atom stereocenters. The van der Waals surface area contributed by atoms with E-state index in [0.717, 1.165) is 4.96 Å². The third kappa shape index (κ3) is 2.14. The fourth-order valence-corrected chi connectivity index (χ4v) is 2.76. The lowest BCUT2D eigenvalue weighted by Gasteiger charge is -2.15. The Morgan fingerprint density at radius 1 is 1.45 bits per heavy atom. The molecule has 104 valence electrons. The van der Waals surface area contributed by atoms with Crippen LogP contribution in [0.1, 0.15) is 26.5 Å². The van der Waals surface area contributed by atoms with E-state index in [-0.39, 0.29) is 11.1 Å². The molecule has 2 aromatic rings. The van der Waals surface area contributed by atoms with Crippen molar-refractivity contribution in [1.29, 1.82) is 0 Å². The predicted octanol–water partition coefficient (Wildman–Crippen LogP) is 3.39. The van der Waals surface area contributed by atoms with Gasteiger partial charge in [-0.25, -0.2) is 14.8 Å². The zero-order chi connectivity index (χ0) is 14.5. The molecule has 0 aliphatic carbocycles. The summed E-state index contributed by atoms with van der Waals surface area (Å²) in [4.78, 5) is 21.1. The van der Waals surface area contributed by atoms with Crippen molar-refractivity contribution in [3.63, 3.8) is 0 Å². The van der Waals surface area contributed by atoms with E-state index in [1.165, 1.54) is 11.3 Å². The van der Waals surface area contributed by atoms with Crippen LogP contribution < -0.4 is 0 Å². The molecule has 0 spiro atoms. The number of imidazole rings is 1. The van der Waals surface area contributed by atoms with Crippen LogP contribution in [0.2, 0.25) is 5.15 Å². The SMILES string of the molecule is CC(C)(C)C1=N/C(=C\c2c(Cl)nc3sccn23)C(=O)O1. The quantitative estimate of drug-likeness (QED) is 0.599. The van der Waals surface area contributed by atoms with Crippen LogP contribution in [0, 0.1) is 5.41 Å². The van der Waals surface area contributed by atoms with Gasteiger partial charge in [-0.2, -0.15) is 0 Å². The second kappa shape index (κ2) is 4.43. The average molecular weight is 310 g/mol. The molecule has 0 radical (unpaired) electrons. The molecule has 3 heterocycles. The number of halogens is 1. The molecular weight excluding hydrogens is 298 g/mol. The van der Waals surface area contributed by atoms with Crippen molar-refractivity contribution in [3.8, 4) is 0 Å². The van der Waals surface area contributed by atoms with Crippen LogP contribution in [0.4, 0.5) is 0 Å². The number of hydrogen-bond acceptors (Lipinski definition) is 5. The maximum atomic E-state index is 11.9. The molecule has 0 saturated heterocycles. The second-order valence-corrected chi connectivity index (χ2v) is 6.66. The molecule has 3 rings (SSSR count). The van der Waals surface area contributed by atoms with E-state index < -0.39 is 5.97 Å². The first-order valence-electron chi connectivity index (χ1n) is 6.00. The highest BCUT2D eigenvalue weighted by molar-refractivity contribution is 7.15. The van der Waals surface area contributed by atoms with Crippen molar-refractivity contribution in [3.05, 3.63) is 28.1 Å². The summed E-state index contributed by atoms with van der Waals surface area (Å²) in [6.45, 7) is 5.81. The number of aliphatic imine (C=N–C) groups is 1. The van der Waals surface area contributed by atoms with Crippen LogP contribution in [0.3, 0.4) is 0 Å². The highest BCUT2D eigenvalue weighted by Crippen LogP contribution is 2.28.